The third kappa shape index (κ3) is 4.15. The fourth-order valence-corrected chi connectivity index (χ4v) is 2.88. The Balaban J connectivity index is 1.62. The van der Waals surface area contributed by atoms with E-state index in [1.54, 1.807) is 12.1 Å². The molecule has 0 saturated heterocycles. The number of rotatable bonds is 7. The SMILES string of the molecule is O=[N+]([O-])c1ccc(NNc2ncnc(Oc3cccc4ccccc34)c2[N+](=O)[O-])cc1. The van der Waals surface area contributed by atoms with Gasteiger partial charge in [0, 0.05) is 17.5 Å². The lowest BCUT2D eigenvalue weighted by Gasteiger charge is -2.12. The van der Waals surface area contributed by atoms with E-state index in [0.717, 1.165) is 17.1 Å². The van der Waals surface area contributed by atoms with Gasteiger partial charge in [0.1, 0.15) is 12.1 Å². The first kappa shape index (κ1) is 19.5. The van der Waals surface area contributed by atoms with Gasteiger partial charge in [0.25, 0.3) is 5.69 Å². The Morgan fingerprint density at radius 3 is 2.29 bits per heavy atom. The minimum atomic E-state index is -0.652. The second-order valence-electron chi connectivity index (χ2n) is 6.27. The first-order valence-electron chi connectivity index (χ1n) is 8.94. The predicted molar refractivity (Wildman–Crippen MR) is 113 cm³/mol. The third-order valence-electron chi connectivity index (χ3n) is 4.33. The highest BCUT2D eigenvalue weighted by Crippen LogP contribution is 2.36. The Morgan fingerprint density at radius 2 is 1.55 bits per heavy atom. The lowest BCUT2D eigenvalue weighted by molar-refractivity contribution is -0.385. The van der Waals surface area contributed by atoms with Crippen molar-refractivity contribution in [1.29, 1.82) is 0 Å². The molecule has 0 spiro atoms. The van der Waals surface area contributed by atoms with Crippen molar-refractivity contribution >= 4 is 33.7 Å². The van der Waals surface area contributed by atoms with Crippen LogP contribution in [0, 0.1) is 20.2 Å². The van der Waals surface area contributed by atoms with Crippen molar-refractivity contribution < 1.29 is 14.6 Å². The predicted octanol–water partition coefficient (Wildman–Crippen LogP) is 4.68. The lowest BCUT2D eigenvalue weighted by atomic mass is 10.1. The second kappa shape index (κ2) is 8.29. The molecular formula is C20H14N6O5. The minimum Gasteiger partial charge on any atom is -0.433 e. The highest BCUT2D eigenvalue weighted by atomic mass is 16.6. The Kier molecular flexibility index (Phi) is 5.22. The van der Waals surface area contributed by atoms with Crippen LogP contribution in [-0.4, -0.2) is 19.8 Å². The molecule has 1 heterocycles. The summed E-state index contributed by atoms with van der Waals surface area (Å²) >= 11 is 0. The molecule has 2 N–H and O–H groups in total. The summed E-state index contributed by atoms with van der Waals surface area (Å²) in [5, 5.41) is 24.2. The number of hydrazine groups is 1. The highest BCUT2D eigenvalue weighted by molar-refractivity contribution is 5.88. The maximum Gasteiger partial charge on any atom is 0.374 e. The van der Waals surface area contributed by atoms with Gasteiger partial charge in [-0.3, -0.25) is 31.1 Å². The van der Waals surface area contributed by atoms with Crippen molar-refractivity contribution in [3.05, 3.63) is 93.3 Å². The molecule has 0 saturated carbocycles. The van der Waals surface area contributed by atoms with E-state index in [2.05, 4.69) is 20.8 Å². The van der Waals surface area contributed by atoms with Gasteiger partial charge in [0.05, 0.1) is 15.5 Å². The van der Waals surface area contributed by atoms with Crippen molar-refractivity contribution in [2.24, 2.45) is 0 Å². The molecule has 1 aromatic heterocycles. The van der Waals surface area contributed by atoms with Crippen LogP contribution < -0.4 is 15.6 Å². The van der Waals surface area contributed by atoms with E-state index >= 15 is 0 Å². The fraction of sp³-hybridized carbons (Fsp3) is 0. The molecular weight excluding hydrogens is 404 g/mol. The molecule has 0 aliphatic rings. The summed E-state index contributed by atoms with van der Waals surface area (Å²) in [4.78, 5) is 29.1. The van der Waals surface area contributed by atoms with Crippen molar-refractivity contribution in [2.45, 2.75) is 0 Å². The molecule has 0 fully saturated rings. The molecule has 11 nitrogen and oxygen atoms in total. The summed E-state index contributed by atoms with van der Waals surface area (Å²) < 4.78 is 5.78. The van der Waals surface area contributed by atoms with Crippen LogP contribution in [0.25, 0.3) is 10.8 Å². The van der Waals surface area contributed by atoms with Crippen molar-refractivity contribution in [3.63, 3.8) is 0 Å². The Hall–Kier alpha value is -4.80. The number of nitro benzene ring substituents is 1. The number of nitrogens with zero attached hydrogens (tertiary/aromatic N) is 4. The van der Waals surface area contributed by atoms with Gasteiger partial charge in [-0.2, -0.15) is 4.98 Å². The van der Waals surface area contributed by atoms with E-state index in [9.17, 15) is 20.2 Å². The van der Waals surface area contributed by atoms with Crippen molar-refractivity contribution in [2.75, 3.05) is 10.9 Å². The average molecular weight is 418 g/mol. The molecule has 4 rings (SSSR count). The number of nitro groups is 2. The zero-order valence-electron chi connectivity index (χ0n) is 15.8. The number of hydrogen-bond donors (Lipinski definition) is 2. The number of ether oxygens (including phenoxy) is 1. The van der Waals surface area contributed by atoms with Crippen LogP contribution in [0.5, 0.6) is 11.6 Å². The normalized spacial score (nSPS) is 10.5. The molecule has 0 aliphatic carbocycles. The molecule has 4 aromatic rings. The highest BCUT2D eigenvalue weighted by Gasteiger charge is 2.25. The average Bonchev–Trinajstić information content (AvgIpc) is 2.78. The maximum absolute atomic E-state index is 11.7. The molecule has 0 aliphatic heterocycles. The quantitative estimate of drug-likeness (QED) is 0.323. The summed E-state index contributed by atoms with van der Waals surface area (Å²) in [5.74, 6) is 0.0483. The summed E-state index contributed by atoms with van der Waals surface area (Å²) in [5.41, 5.74) is 5.24. The minimum absolute atomic E-state index is 0.0793. The lowest BCUT2D eigenvalue weighted by Crippen LogP contribution is -2.13. The number of aromatic nitrogens is 2. The molecule has 0 amide bonds. The van der Waals surface area contributed by atoms with E-state index in [1.165, 1.54) is 24.3 Å². The molecule has 11 heteroatoms. The largest absolute Gasteiger partial charge is 0.433 e. The Labute approximate surface area is 174 Å². The zero-order chi connectivity index (χ0) is 21.8. The van der Waals surface area contributed by atoms with Gasteiger partial charge < -0.3 is 4.74 Å². The van der Waals surface area contributed by atoms with E-state index < -0.39 is 15.5 Å². The van der Waals surface area contributed by atoms with Crippen molar-refractivity contribution in [1.82, 2.24) is 9.97 Å². The number of hydrogen-bond acceptors (Lipinski definition) is 9. The van der Waals surface area contributed by atoms with E-state index in [0.29, 0.717) is 11.4 Å². The van der Waals surface area contributed by atoms with E-state index in [4.69, 9.17) is 4.74 Å². The van der Waals surface area contributed by atoms with Gasteiger partial charge in [-0.1, -0.05) is 36.4 Å². The fourth-order valence-electron chi connectivity index (χ4n) is 2.88. The molecule has 0 bridgehead atoms. The van der Waals surface area contributed by atoms with Gasteiger partial charge in [-0.05, 0) is 23.6 Å². The molecule has 31 heavy (non-hydrogen) atoms. The Bertz CT molecular complexity index is 1270. The second-order valence-corrected chi connectivity index (χ2v) is 6.27. The van der Waals surface area contributed by atoms with Crippen molar-refractivity contribution in [3.8, 4) is 11.6 Å². The van der Waals surface area contributed by atoms with Crippen LogP contribution in [-0.2, 0) is 0 Å². The Morgan fingerprint density at radius 1 is 0.806 bits per heavy atom. The van der Waals surface area contributed by atoms with Crippen LogP contribution in [0.2, 0.25) is 0 Å². The van der Waals surface area contributed by atoms with Crippen LogP contribution in [0.1, 0.15) is 0 Å². The van der Waals surface area contributed by atoms with Crippen LogP contribution in [0.15, 0.2) is 73.1 Å². The number of fused-ring (bicyclic) bond motifs is 1. The molecule has 154 valence electrons. The molecule has 0 unspecified atom stereocenters. The van der Waals surface area contributed by atoms with Gasteiger partial charge >= 0.3 is 11.6 Å². The third-order valence-corrected chi connectivity index (χ3v) is 4.33. The smallest absolute Gasteiger partial charge is 0.374 e. The van der Waals surface area contributed by atoms with Gasteiger partial charge in [0.15, 0.2) is 0 Å². The monoisotopic (exact) mass is 418 g/mol. The summed E-state index contributed by atoms with van der Waals surface area (Å²) in [6, 6.07) is 18.3. The van der Waals surface area contributed by atoms with Crippen LogP contribution >= 0.6 is 0 Å². The van der Waals surface area contributed by atoms with Crippen LogP contribution in [0.4, 0.5) is 22.9 Å². The van der Waals surface area contributed by atoms with Crippen LogP contribution in [0.3, 0.4) is 0 Å². The van der Waals surface area contributed by atoms with Gasteiger partial charge in [0.2, 0.25) is 5.82 Å². The summed E-state index contributed by atoms with van der Waals surface area (Å²) in [7, 11) is 0. The first-order chi connectivity index (χ1) is 15.0. The molecule has 0 radical (unpaired) electrons. The number of anilines is 2. The number of nitrogens with one attached hydrogen (secondary N) is 2. The topological polar surface area (TPSA) is 145 Å². The zero-order valence-corrected chi connectivity index (χ0v) is 15.8. The summed E-state index contributed by atoms with van der Waals surface area (Å²) in [6.45, 7) is 0. The number of benzene rings is 3. The number of non-ortho nitro benzene ring substituents is 1. The first-order valence-corrected chi connectivity index (χ1v) is 8.94. The van der Waals surface area contributed by atoms with E-state index in [1.807, 2.05) is 30.3 Å². The van der Waals surface area contributed by atoms with E-state index in [-0.39, 0.29) is 17.4 Å². The summed E-state index contributed by atoms with van der Waals surface area (Å²) in [6.07, 6.45) is 1.13. The molecule has 3 aromatic carbocycles. The molecule has 0 atom stereocenters. The van der Waals surface area contributed by atoms with Gasteiger partial charge in [-0.25, -0.2) is 4.98 Å². The van der Waals surface area contributed by atoms with Gasteiger partial charge in [-0.15, -0.1) is 0 Å². The maximum atomic E-state index is 11.7. The standard InChI is InChI=1S/C20H14N6O5/c27-25(28)15-10-8-14(9-11-15)23-24-19-18(26(29)30)20(22-12-21-19)31-17-7-3-5-13-4-1-2-6-16(13)17/h1-12,23H,(H,21,22,24).